The Morgan fingerprint density at radius 1 is 1.09 bits per heavy atom. The molecule has 0 radical (unpaired) electrons. The molecule has 2 aromatic carbocycles. The molecular weight excluding hydrogens is 484 g/mol. The summed E-state index contributed by atoms with van der Waals surface area (Å²) in [6.07, 6.45) is 3.60. The molecule has 0 unspecified atom stereocenters. The third-order valence-electron chi connectivity index (χ3n) is 5.20. The number of carbonyl (C=O) groups is 1. The number of hydrogen-bond acceptors (Lipinski definition) is 9. The number of aromatic nitrogens is 5. The van der Waals surface area contributed by atoms with E-state index in [0.29, 0.717) is 29.0 Å². The molecule has 0 atom stereocenters. The van der Waals surface area contributed by atoms with Crippen molar-refractivity contribution in [3.63, 3.8) is 0 Å². The second kappa shape index (κ2) is 10.2. The summed E-state index contributed by atoms with van der Waals surface area (Å²) >= 11 is 2.52. The average molecular weight is 505 g/mol. The van der Waals surface area contributed by atoms with Crippen LogP contribution in [0.4, 0.5) is 5.13 Å². The van der Waals surface area contributed by atoms with Crippen LogP contribution in [-0.2, 0) is 17.8 Å². The zero-order chi connectivity index (χ0) is 24.2. The number of carbonyl (C=O) groups excluding carboxylic acids is 1. The van der Waals surface area contributed by atoms with Crippen molar-refractivity contribution < 1.29 is 9.53 Å². The van der Waals surface area contributed by atoms with Crippen LogP contribution >= 0.6 is 23.1 Å². The molecular formula is C24H20N6O3S2. The second-order valence-corrected chi connectivity index (χ2v) is 9.42. The SMILES string of the molecule is COc1cccc2nc(NC(=O)CSc3nc4nccnc4c(=O)n3CCc3ccccc3)sc12. The predicted molar refractivity (Wildman–Crippen MR) is 137 cm³/mol. The molecule has 0 aliphatic rings. The first-order valence-electron chi connectivity index (χ1n) is 10.7. The number of ether oxygens (including phenoxy) is 1. The number of nitrogens with zero attached hydrogens (tertiary/aromatic N) is 5. The first kappa shape index (κ1) is 22.9. The van der Waals surface area contributed by atoms with Gasteiger partial charge in [0, 0.05) is 18.9 Å². The number of fused-ring (bicyclic) bond motifs is 2. The molecule has 5 aromatic rings. The number of aryl methyl sites for hydroxylation is 1. The summed E-state index contributed by atoms with van der Waals surface area (Å²) in [5, 5.41) is 3.73. The Hall–Kier alpha value is -3.83. The molecule has 11 heteroatoms. The van der Waals surface area contributed by atoms with Crippen molar-refractivity contribution >= 4 is 55.5 Å². The fourth-order valence-corrected chi connectivity index (χ4v) is 5.33. The predicted octanol–water partition coefficient (Wildman–Crippen LogP) is 3.78. The fraction of sp³-hybridized carbons (Fsp3) is 0.167. The highest BCUT2D eigenvalue weighted by atomic mass is 32.2. The highest BCUT2D eigenvalue weighted by molar-refractivity contribution is 7.99. The van der Waals surface area contributed by atoms with E-state index in [1.165, 1.54) is 35.5 Å². The molecule has 3 heterocycles. The quantitative estimate of drug-likeness (QED) is 0.251. The first-order valence-corrected chi connectivity index (χ1v) is 12.5. The molecule has 0 spiro atoms. The van der Waals surface area contributed by atoms with Gasteiger partial charge in [0.1, 0.15) is 5.75 Å². The Bertz CT molecular complexity index is 1570. The van der Waals surface area contributed by atoms with Crippen LogP contribution in [0.1, 0.15) is 5.56 Å². The fourth-order valence-electron chi connectivity index (χ4n) is 3.55. The van der Waals surface area contributed by atoms with E-state index in [1.54, 1.807) is 11.7 Å². The van der Waals surface area contributed by atoms with Gasteiger partial charge in [-0.05, 0) is 24.1 Å². The molecule has 0 aliphatic carbocycles. The van der Waals surface area contributed by atoms with Crippen LogP contribution in [0.5, 0.6) is 5.75 Å². The Morgan fingerprint density at radius 3 is 2.74 bits per heavy atom. The summed E-state index contributed by atoms with van der Waals surface area (Å²) in [5.41, 5.74) is 2.04. The lowest BCUT2D eigenvalue weighted by Crippen LogP contribution is -2.26. The molecule has 0 saturated carbocycles. The number of rotatable bonds is 8. The van der Waals surface area contributed by atoms with Crippen LogP contribution in [0, 0.1) is 0 Å². The Morgan fingerprint density at radius 2 is 1.91 bits per heavy atom. The molecule has 1 N–H and O–H groups in total. The largest absolute Gasteiger partial charge is 0.495 e. The van der Waals surface area contributed by atoms with E-state index in [2.05, 4.69) is 25.3 Å². The maximum atomic E-state index is 13.2. The average Bonchev–Trinajstić information content (AvgIpc) is 3.30. The number of benzene rings is 2. The number of thiazole rings is 1. The molecule has 35 heavy (non-hydrogen) atoms. The minimum Gasteiger partial charge on any atom is -0.495 e. The van der Waals surface area contributed by atoms with Crippen molar-refractivity contribution in [3.05, 3.63) is 76.8 Å². The lowest BCUT2D eigenvalue weighted by Gasteiger charge is -2.12. The van der Waals surface area contributed by atoms with Gasteiger partial charge in [-0.2, -0.15) is 0 Å². The van der Waals surface area contributed by atoms with Crippen molar-refractivity contribution in [2.24, 2.45) is 0 Å². The van der Waals surface area contributed by atoms with Gasteiger partial charge in [-0.25, -0.2) is 19.9 Å². The van der Waals surface area contributed by atoms with Gasteiger partial charge in [0.15, 0.2) is 21.5 Å². The number of hydrogen-bond donors (Lipinski definition) is 1. The van der Waals surface area contributed by atoms with E-state index in [4.69, 9.17) is 4.74 Å². The van der Waals surface area contributed by atoms with Crippen LogP contribution in [0.2, 0.25) is 0 Å². The Labute approximate surface area is 208 Å². The summed E-state index contributed by atoms with van der Waals surface area (Å²) in [7, 11) is 1.60. The lowest BCUT2D eigenvalue weighted by atomic mass is 10.1. The van der Waals surface area contributed by atoms with Crippen LogP contribution in [0.3, 0.4) is 0 Å². The maximum absolute atomic E-state index is 13.2. The first-order chi connectivity index (χ1) is 17.1. The zero-order valence-corrected chi connectivity index (χ0v) is 20.3. The van der Waals surface area contributed by atoms with Crippen LogP contribution < -0.4 is 15.6 Å². The topological polar surface area (TPSA) is 112 Å². The van der Waals surface area contributed by atoms with Gasteiger partial charge in [0.25, 0.3) is 5.56 Å². The van der Waals surface area contributed by atoms with Gasteiger partial charge in [0.05, 0.1) is 23.1 Å². The molecule has 5 rings (SSSR count). The highest BCUT2D eigenvalue weighted by Crippen LogP contribution is 2.33. The van der Waals surface area contributed by atoms with Crippen molar-refractivity contribution in [1.82, 2.24) is 24.5 Å². The van der Waals surface area contributed by atoms with Gasteiger partial charge in [-0.15, -0.1) is 0 Å². The third-order valence-corrected chi connectivity index (χ3v) is 7.18. The Balaban J connectivity index is 1.36. The monoisotopic (exact) mass is 504 g/mol. The minimum absolute atomic E-state index is 0.0522. The van der Waals surface area contributed by atoms with Crippen LogP contribution in [0.15, 0.2) is 70.9 Å². The van der Waals surface area contributed by atoms with E-state index in [0.717, 1.165) is 15.8 Å². The third kappa shape index (κ3) is 5.00. The lowest BCUT2D eigenvalue weighted by molar-refractivity contribution is -0.113. The molecule has 0 fully saturated rings. The number of anilines is 1. The minimum atomic E-state index is -0.278. The number of amides is 1. The van der Waals surface area contributed by atoms with Gasteiger partial charge in [-0.1, -0.05) is 59.5 Å². The smallest absolute Gasteiger partial charge is 0.282 e. The van der Waals surface area contributed by atoms with Crippen molar-refractivity contribution in [2.75, 3.05) is 18.2 Å². The molecule has 0 bridgehead atoms. The molecule has 0 aliphatic heterocycles. The summed E-state index contributed by atoms with van der Waals surface area (Å²) < 4.78 is 7.79. The number of nitrogens with one attached hydrogen (secondary N) is 1. The molecule has 0 saturated heterocycles. The normalized spacial score (nSPS) is 11.1. The van der Waals surface area contributed by atoms with Gasteiger partial charge in [0.2, 0.25) is 5.91 Å². The Kier molecular flexibility index (Phi) is 6.68. The van der Waals surface area contributed by atoms with E-state index in [9.17, 15) is 9.59 Å². The van der Waals surface area contributed by atoms with Crippen molar-refractivity contribution in [3.8, 4) is 5.75 Å². The molecule has 9 nitrogen and oxygen atoms in total. The summed E-state index contributed by atoms with van der Waals surface area (Å²) in [6.45, 7) is 0.407. The molecule has 3 aromatic heterocycles. The van der Waals surface area contributed by atoms with E-state index in [-0.39, 0.29) is 28.4 Å². The standard InChI is InChI=1S/C24H20N6O3S2/c1-33-17-9-5-8-16-20(17)35-23(27-16)28-18(31)14-34-24-29-21-19(25-11-12-26-21)22(32)30(24)13-10-15-6-3-2-4-7-15/h2-9,11-12H,10,13-14H2,1H3,(H,27,28,31). The van der Waals surface area contributed by atoms with Gasteiger partial charge < -0.3 is 10.1 Å². The number of thioether (sulfide) groups is 1. The van der Waals surface area contributed by atoms with E-state index < -0.39 is 0 Å². The molecule has 176 valence electrons. The van der Waals surface area contributed by atoms with E-state index in [1.807, 2.05) is 48.5 Å². The summed E-state index contributed by atoms with van der Waals surface area (Å²) in [5.74, 6) is 0.506. The summed E-state index contributed by atoms with van der Waals surface area (Å²) in [6, 6.07) is 15.4. The second-order valence-electron chi connectivity index (χ2n) is 7.48. The van der Waals surface area contributed by atoms with Crippen LogP contribution in [0.25, 0.3) is 21.4 Å². The maximum Gasteiger partial charge on any atom is 0.282 e. The van der Waals surface area contributed by atoms with Gasteiger partial charge in [-0.3, -0.25) is 14.2 Å². The van der Waals surface area contributed by atoms with Crippen LogP contribution in [-0.4, -0.2) is 43.3 Å². The highest BCUT2D eigenvalue weighted by Gasteiger charge is 2.16. The van der Waals surface area contributed by atoms with Crippen molar-refractivity contribution in [2.45, 2.75) is 18.1 Å². The number of methoxy groups -OCH3 is 1. The van der Waals surface area contributed by atoms with Crippen molar-refractivity contribution in [1.29, 1.82) is 0 Å². The van der Waals surface area contributed by atoms with Gasteiger partial charge >= 0.3 is 0 Å². The van der Waals surface area contributed by atoms with E-state index >= 15 is 0 Å². The summed E-state index contributed by atoms with van der Waals surface area (Å²) in [4.78, 5) is 43.2. The molecule has 1 amide bonds. The zero-order valence-electron chi connectivity index (χ0n) is 18.7.